The zero-order valence-electron chi connectivity index (χ0n) is 12.5. The fourth-order valence-corrected chi connectivity index (χ4v) is 1.73. The number of carboxylic acid groups (broad SMARTS) is 1. The molecule has 0 aliphatic carbocycles. The van der Waals surface area contributed by atoms with Gasteiger partial charge in [-0.25, -0.2) is 9.59 Å². The molecule has 0 aromatic heterocycles. The Balaban J connectivity index is 2.66. The molecule has 0 saturated heterocycles. The predicted molar refractivity (Wildman–Crippen MR) is 77.5 cm³/mol. The number of alkyl carbamates (subject to hydrolysis) is 1. The molecular formula is C15H21NO5. The number of hydrogen-bond acceptors (Lipinski definition) is 4. The van der Waals surface area contributed by atoms with Gasteiger partial charge >= 0.3 is 12.1 Å². The van der Waals surface area contributed by atoms with Crippen molar-refractivity contribution in [1.29, 1.82) is 0 Å². The summed E-state index contributed by atoms with van der Waals surface area (Å²) in [6.45, 7) is 5.71. The number of rotatable bonds is 7. The first-order chi connectivity index (χ1) is 9.92. The molecule has 1 amide bonds. The zero-order valence-corrected chi connectivity index (χ0v) is 12.5. The van der Waals surface area contributed by atoms with Crippen LogP contribution in [0.5, 0.6) is 5.75 Å². The summed E-state index contributed by atoms with van der Waals surface area (Å²) in [6.07, 6.45) is -0.478. The highest BCUT2D eigenvalue weighted by atomic mass is 16.5. The maximum absolute atomic E-state index is 11.3. The summed E-state index contributed by atoms with van der Waals surface area (Å²) in [5, 5.41) is 11.5. The SMILES string of the molecule is CCOC(=O)N[C@@H](Cc1ccc(OC(C)C)cc1)C(=O)O. The highest BCUT2D eigenvalue weighted by Gasteiger charge is 2.20. The van der Waals surface area contributed by atoms with Gasteiger partial charge in [0.25, 0.3) is 0 Å². The van der Waals surface area contributed by atoms with Gasteiger partial charge in [0.1, 0.15) is 11.8 Å². The van der Waals surface area contributed by atoms with E-state index in [0.717, 1.165) is 11.3 Å². The number of carbonyl (C=O) groups excluding carboxylic acids is 1. The lowest BCUT2D eigenvalue weighted by atomic mass is 10.1. The Morgan fingerprint density at radius 1 is 1.24 bits per heavy atom. The van der Waals surface area contributed by atoms with E-state index in [-0.39, 0.29) is 19.1 Å². The van der Waals surface area contributed by atoms with Crippen LogP contribution in [0.3, 0.4) is 0 Å². The maximum atomic E-state index is 11.3. The summed E-state index contributed by atoms with van der Waals surface area (Å²) in [6, 6.07) is 6.08. The summed E-state index contributed by atoms with van der Waals surface area (Å²) in [5.74, 6) is -0.385. The minimum absolute atomic E-state index is 0.0769. The molecule has 0 aliphatic rings. The van der Waals surface area contributed by atoms with E-state index in [2.05, 4.69) is 10.1 Å². The Morgan fingerprint density at radius 2 is 1.86 bits per heavy atom. The van der Waals surface area contributed by atoms with Crippen LogP contribution in [0.1, 0.15) is 26.3 Å². The normalized spacial score (nSPS) is 11.8. The lowest BCUT2D eigenvalue weighted by Gasteiger charge is -2.15. The first-order valence-electron chi connectivity index (χ1n) is 6.84. The summed E-state index contributed by atoms with van der Waals surface area (Å²) >= 11 is 0. The van der Waals surface area contributed by atoms with Crippen LogP contribution in [-0.4, -0.2) is 35.9 Å². The van der Waals surface area contributed by atoms with Crippen LogP contribution in [0.15, 0.2) is 24.3 Å². The minimum Gasteiger partial charge on any atom is -0.491 e. The minimum atomic E-state index is -1.11. The Bertz CT molecular complexity index is 469. The van der Waals surface area contributed by atoms with Gasteiger partial charge in [0.05, 0.1) is 12.7 Å². The molecular weight excluding hydrogens is 274 g/mol. The molecule has 0 fully saturated rings. The first-order valence-corrected chi connectivity index (χ1v) is 6.84. The van der Waals surface area contributed by atoms with Crippen molar-refractivity contribution in [3.8, 4) is 5.75 Å². The van der Waals surface area contributed by atoms with Crippen molar-refractivity contribution < 1.29 is 24.2 Å². The smallest absolute Gasteiger partial charge is 0.407 e. The van der Waals surface area contributed by atoms with E-state index in [1.54, 1.807) is 31.2 Å². The first kappa shape index (κ1) is 16.8. The van der Waals surface area contributed by atoms with Crippen molar-refractivity contribution in [3.05, 3.63) is 29.8 Å². The molecule has 0 unspecified atom stereocenters. The van der Waals surface area contributed by atoms with Crippen LogP contribution in [0.4, 0.5) is 4.79 Å². The van der Waals surface area contributed by atoms with Gasteiger partial charge in [-0.3, -0.25) is 0 Å². The predicted octanol–water partition coefficient (Wildman–Crippen LogP) is 2.22. The molecule has 1 aromatic rings. The molecule has 0 spiro atoms. The van der Waals surface area contributed by atoms with Gasteiger partial charge in [0.15, 0.2) is 0 Å². The van der Waals surface area contributed by atoms with Crippen molar-refractivity contribution >= 4 is 12.1 Å². The highest BCUT2D eigenvalue weighted by Crippen LogP contribution is 2.15. The zero-order chi connectivity index (χ0) is 15.8. The molecule has 0 bridgehead atoms. The van der Waals surface area contributed by atoms with Crippen LogP contribution in [-0.2, 0) is 16.0 Å². The number of nitrogens with one attached hydrogen (secondary N) is 1. The Labute approximate surface area is 124 Å². The number of carbonyl (C=O) groups is 2. The van der Waals surface area contributed by atoms with Gasteiger partial charge in [-0.1, -0.05) is 12.1 Å². The van der Waals surface area contributed by atoms with Crippen LogP contribution in [0.2, 0.25) is 0 Å². The maximum Gasteiger partial charge on any atom is 0.407 e. The molecule has 116 valence electrons. The highest BCUT2D eigenvalue weighted by molar-refractivity contribution is 5.80. The average Bonchev–Trinajstić information content (AvgIpc) is 2.39. The van der Waals surface area contributed by atoms with Crippen molar-refractivity contribution in [2.75, 3.05) is 6.61 Å². The summed E-state index contributed by atoms with van der Waals surface area (Å²) in [4.78, 5) is 22.5. The number of amides is 1. The molecule has 1 atom stereocenters. The Morgan fingerprint density at radius 3 is 2.33 bits per heavy atom. The van der Waals surface area contributed by atoms with Gasteiger partial charge in [-0.2, -0.15) is 0 Å². The topological polar surface area (TPSA) is 84.9 Å². The molecule has 2 N–H and O–H groups in total. The van der Waals surface area contributed by atoms with E-state index in [4.69, 9.17) is 9.84 Å². The van der Waals surface area contributed by atoms with Gasteiger partial charge < -0.3 is 19.9 Å². The molecule has 0 aliphatic heterocycles. The van der Waals surface area contributed by atoms with E-state index in [9.17, 15) is 9.59 Å². The lowest BCUT2D eigenvalue weighted by Crippen LogP contribution is -2.42. The average molecular weight is 295 g/mol. The largest absolute Gasteiger partial charge is 0.491 e. The van der Waals surface area contributed by atoms with Crippen molar-refractivity contribution in [2.45, 2.75) is 39.3 Å². The quantitative estimate of drug-likeness (QED) is 0.805. The van der Waals surface area contributed by atoms with Gasteiger partial charge in [-0.05, 0) is 38.5 Å². The monoisotopic (exact) mass is 295 g/mol. The van der Waals surface area contributed by atoms with E-state index >= 15 is 0 Å². The van der Waals surface area contributed by atoms with Crippen LogP contribution in [0.25, 0.3) is 0 Å². The summed E-state index contributed by atoms with van der Waals surface area (Å²) in [5.41, 5.74) is 0.787. The van der Waals surface area contributed by atoms with Crippen LogP contribution in [0, 0.1) is 0 Å². The van der Waals surface area contributed by atoms with E-state index in [0.29, 0.717) is 0 Å². The number of hydrogen-bond donors (Lipinski definition) is 2. The molecule has 1 rings (SSSR count). The van der Waals surface area contributed by atoms with Crippen LogP contribution < -0.4 is 10.1 Å². The molecule has 6 nitrogen and oxygen atoms in total. The lowest BCUT2D eigenvalue weighted by molar-refractivity contribution is -0.139. The molecule has 0 heterocycles. The standard InChI is InChI=1S/C15H21NO5/c1-4-20-15(19)16-13(14(17)18)9-11-5-7-12(8-6-11)21-10(2)3/h5-8,10,13H,4,9H2,1-3H3,(H,16,19)(H,17,18)/t13-/m0/s1. The molecule has 0 radical (unpaired) electrons. The Kier molecular flexibility index (Phi) is 6.52. The number of benzene rings is 1. The molecule has 1 aromatic carbocycles. The summed E-state index contributed by atoms with van der Waals surface area (Å²) in [7, 11) is 0. The molecule has 21 heavy (non-hydrogen) atoms. The fourth-order valence-electron chi connectivity index (χ4n) is 1.73. The fraction of sp³-hybridized carbons (Fsp3) is 0.467. The van der Waals surface area contributed by atoms with E-state index < -0.39 is 18.1 Å². The van der Waals surface area contributed by atoms with Crippen molar-refractivity contribution in [2.24, 2.45) is 0 Å². The van der Waals surface area contributed by atoms with Gasteiger partial charge in [0.2, 0.25) is 0 Å². The summed E-state index contributed by atoms with van der Waals surface area (Å²) < 4.78 is 10.2. The van der Waals surface area contributed by atoms with Gasteiger partial charge in [0, 0.05) is 6.42 Å². The second-order valence-electron chi connectivity index (χ2n) is 4.77. The van der Waals surface area contributed by atoms with Crippen LogP contribution >= 0.6 is 0 Å². The third-order valence-corrected chi connectivity index (χ3v) is 2.60. The van der Waals surface area contributed by atoms with Crippen molar-refractivity contribution in [3.63, 3.8) is 0 Å². The number of carboxylic acids is 1. The second kappa shape index (κ2) is 8.14. The third kappa shape index (κ3) is 6.16. The third-order valence-electron chi connectivity index (χ3n) is 2.60. The van der Waals surface area contributed by atoms with Gasteiger partial charge in [-0.15, -0.1) is 0 Å². The van der Waals surface area contributed by atoms with E-state index in [1.807, 2.05) is 13.8 Å². The second-order valence-corrected chi connectivity index (χ2v) is 4.77. The molecule has 0 saturated carbocycles. The van der Waals surface area contributed by atoms with E-state index in [1.165, 1.54) is 0 Å². The number of aliphatic carboxylic acids is 1. The molecule has 6 heteroatoms. The number of ether oxygens (including phenoxy) is 2. The van der Waals surface area contributed by atoms with Crippen molar-refractivity contribution in [1.82, 2.24) is 5.32 Å². The Hall–Kier alpha value is -2.24.